The highest BCUT2D eigenvalue weighted by atomic mass is 16.7. The van der Waals surface area contributed by atoms with Crippen molar-refractivity contribution in [1.29, 1.82) is 0 Å². The Labute approximate surface area is 136 Å². The molecule has 2 N–H and O–H groups in total. The van der Waals surface area contributed by atoms with Gasteiger partial charge in [-0.15, -0.1) is 0 Å². The number of hydrogen-bond acceptors (Lipinski definition) is 6. The first-order valence-electron chi connectivity index (χ1n) is 7.57. The summed E-state index contributed by atoms with van der Waals surface area (Å²) in [5.74, 6) is -2.87. The zero-order chi connectivity index (χ0) is 17.9. The minimum absolute atomic E-state index is 0.0622. The molecule has 6 heteroatoms. The molecule has 0 amide bonds. The normalized spacial score (nSPS) is 31.4. The van der Waals surface area contributed by atoms with Crippen LogP contribution in [0, 0.1) is 10.8 Å². The molecule has 23 heavy (non-hydrogen) atoms. The summed E-state index contributed by atoms with van der Waals surface area (Å²) in [5, 5.41) is 19.5. The quantitative estimate of drug-likeness (QED) is 0.647. The maximum absolute atomic E-state index is 12.5. The summed E-state index contributed by atoms with van der Waals surface area (Å²) in [7, 11) is 0. The number of ketones is 2. The standard InChI is InChI=1S/C17H26O6/c1-6-12(20)14-16(8-3,10-19)11-22-17(23-14,13(21)7-2)15(4,5)9-18/h6-7,14,18-19H,1-2,8-11H2,3-5H3. The Kier molecular flexibility index (Phi) is 6.04. The number of carbonyl (C=O) groups is 2. The van der Waals surface area contributed by atoms with Crippen LogP contribution in [-0.2, 0) is 19.1 Å². The third-order valence-corrected chi connectivity index (χ3v) is 4.68. The van der Waals surface area contributed by atoms with E-state index in [1.165, 1.54) is 0 Å². The molecule has 0 saturated carbocycles. The summed E-state index contributed by atoms with van der Waals surface area (Å²) in [6.45, 7) is 11.1. The highest BCUT2D eigenvalue weighted by Gasteiger charge is 2.61. The molecule has 0 spiro atoms. The summed E-state index contributed by atoms with van der Waals surface area (Å²) in [6.07, 6.45) is 1.46. The second-order valence-corrected chi connectivity index (χ2v) is 6.49. The largest absolute Gasteiger partial charge is 0.396 e. The number of ether oxygens (including phenoxy) is 2. The number of aliphatic hydroxyl groups is 2. The lowest BCUT2D eigenvalue weighted by Crippen LogP contribution is -2.67. The maximum atomic E-state index is 12.5. The van der Waals surface area contributed by atoms with Gasteiger partial charge in [-0.1, -0.05) is 33.9 Å². The van der Waals surface area contributed by atoms with E-state index in [2.05, 4.69) is 13.2 Å². The van der Waals surface area contributed by atoms with Gasteiger partial charge in [0.2, 0.25) is 11.6 Å². The zero-order valence-corrected chi connectivity index (χ0v) is 14.0. The minimum Gasteiger partial charge on any atom is -0.396 e. The van der Waals surface area contributed by atoms with Crippen molar-refractivity contribution in [3.8, 4) is 0 Å². The van der Waals surface area contributed by atoms with Gasteiger partial charge in [-0.3, -0.25) is 9.59 Å². The van der Waals surface area contributed by atoms with Crippen LogP contribution in [0.4, 0.5) is 0 Å². The molecule has 1 saturated heterocycles. The van der Waals surface area contributed by atoms with Crippen LogP contribution in [0.1, 0.15) is 27.2 Å². The Bertz CT molecular complexity index is 491. The molecule has 3 unspecified atom stereocenters. The molecule has 1 aliphatic heterocycles. The average Bonchev–Trinajstić information content (AvgIpc) is 2.59. The molecule has 0 aromatic rings. The van der Waals surface area contributed by atoms with Crippen LogP contribution >= 0.6 is 0 Å². The second-order valence-electron chi connectivity index (χ2n) is 6.49. The summed E-state index contributed by atoms with van der Waals surface area (Å²) in [4.78, 5) is 24.8. The van der Waals surface area contributed by atoms with E-state index >= 15 is 0 Å². The monoisotopic (exact) mass is 326 g/mol. The van der Waals surface area contributed by atoms with E-state index in [1.807, 2.05) is 0 Å². The molecule has 0 aliphatic carbocycles. The van der Waals surface area contributed by atoms with E-state index in [-0.39, 0.29) is 13.2 Å². The van der Waals surface area contributed by atoms with Crippen LogP contribution in [0.25, 0.3) is 0 Å². The van der Waals surface area contributed by atoms with Gasteiger partial charge in [-0.05, 0) is 18.6 Å². The maximum Gasteiger partial charge on any atom is 0.241 e. The fourth-order valence-electron chi connectivity index (χ4n) is 2.70. The molecule has 1 heterocycles. The second kappa shape index (κ2) is 7.05. The SMILES string of the molecule is C=CC(=O)C1OC(C(=O)C=C)(C(C)(C)CO)OCC1(CC)CO. The van der Waals surface area contributed by atoms with Gasteiger partial charge in [0.25, 0.3) is 0 Å². The van der Waals surface area contributed by atoms with E-state index in [9.17, 15) is 19.8 Å². The van der Waals surface area contributed by atoms with Crippen molar-refractivity contribution in [3.63, 3.8) is 0 Å². The number of carbonyl (C=O) groups excluding carboxylic acids is 2. The molecule has 1 rings (SSSR count). The van der Waals surface area contributed by atoms with Crippen molar-refractivity contribution in [2.75, 3.05) is 19.8 Å². The van der Waals surface area contributed by atoms with Gasteiger partial charge < -0.3 is 19.7 Å². The Hall–Kier alpha value is -1.34. The predicted octanol–water partition coefficient (Wildman–Crippen LogP) is 1.02. The molecule has 1 fully saturated rings. The average molecular weight is 326 g/mol. The van der Waals surface area contributed by atoms with Crippen molar-refractivity contribution >= 4 is 11.6 Å². The Morgan fingerprint density at radius 1 is 1.30 bits per heavy atom. The van der Waals surface area contributed by atoms with Crippen molar-refractivity contribution in [2.24, 2.45) is 10.8 Å². The van der Waals surface area contributed by atoms with Crippen LogP contribution in [0.15, 0.2) is 25.3 Å². The molecule has 1 aliphatic rings. The van der Waals surface area contributed by atoms with Crippen LogP contribution in [0.5, 0.6) is 0 Å². The first-order chi connectivity index (χ1) is 10.7. The molecular formula is C17H26O6. The topological polar surface area (TPSA) is 93.1 Å². The Morgan fingerprint density at radius 3 is 2.30 bits per heavy atom. The Morgan fingerprint density at radius 2 is 1.91 bits per heavy atom. The van der Waals surface area contributed by atoms with Gasteiger partial charge in [-0.25, -0.2) is 0 Å². The molecule has 3 atom stereocenters. The van der Waals surface area contributed by atoms with E-state index in [1.54, 1.807) is 20.8 Å². The number of hydrogen-bond donors (Lipinski definition) is 2. The van der Waals surface area contributed by atoms with Gasteiger partial charge >= 0.3 is 0 Å². The van der Waals surface area contributed by atoms with Crippen molar-refractivity contribution in [2.45, 2.75) is 39.1 Å². The molecule has 6 nitrogen and oxygen atoms in total. The molecule has 0 aromatic heterocycles. The molecular weight excluding hydrogens is 300 g/mol. The van der Waals surface area contributed by atoms with E-state index in [4.69, 9.17) is 9.47 Å². The fraction of sp³-hybridized carbons (Fsp3) is 0.647. The van der Waals surface area contributed by atoms with Gasteiger partial charge in [0.15, 0.2) is 5.78 Å². The van der Waals surface area contributed by atoms with Crippen molar-refractivity contribution in [1.82, 2.24) is 0 Å². The summed E-state index contributed by atoms with van der Waals surface area (Å²) in [5.41, 5.74) is -2.09. The van der Waals surface area contributed by atoms with Crippen molar-refractivity contribution in [3.05, 3.63) is 25.3 Å². The van der Waals surface area contributed by atoms with Gasteiger partial charge in [-0.2, -0.15) is 0 Å². The van der Waals surface area contributed by atoms with Gasteiger partial charge in [0.05, 0.1) is 25.2 Å². The lowest BCUT2D eigenvalue weighted by Gasteiger charge is -2.53. The number of rotatable bonds is 8. The van der Waals surface area contributed by atoms with E-state index < -0.39 is 40.9 Å². The Balaban J connectivity index is 3.45. The highest BCUT2D eigenvalue weighted by Crippen LogP contribution is 2.46. The highest BCUT2D eigenvalue weighted by molar-refractivity contribution is 5.98. The van der Waals surface area contributed by atoms with Crippen molar-refractivity contribution < 1.29 is 29.3 Å². The first-order valence-corrected chi connectivity index (χ1v) is 7.57. The third kappa shape index (κ3) is 3.04. The molecule has 130 valence electrons. The van der Waals surface area contributed by atoms with E-state index in [0.717, 1.165) is 12.2 Å². The predicted molar refractivity (Wildman–Crippen MR) is 84.6 cm³/mol. The third-order valence-electron chi connectivity index (χ3n) is 4.68. The smallest absolute Gasteiger partial charge is 0.241 e. The summed E-state index contributed by atoms with van der Waals surface area (Å²) < 4.78 is 11.6. The van der Waals surface area contributed by atoms with Crippen LogP contribution in [0.3, 0.4) is 0 Å². The van der Waals surface area contributed by atoms with Crippen LogP contribution < -0.4 is 0 Å². The van der Waals surface area contributed by atoms with Crippen LogP contribution in [0.2, 0.25) is 0 Å². The molecule has 0 aromatic carbocycles. The molecule has 0 radical (unpaired) electrons. The summed E-state index contributed by atoms with van der Waals surface area (Å²) >= 11 is 0. The first kappa shape index (κ1) is 19.7. The van der Waals surface area contributed by atoms with Gasteiger partial charge in [0, 0.05) is 5.41 Å². The summed E-state index contributed by atoms with van der Waals surface area (Å²) in [6, 6.07) is 0. The zero-order valence-electron chi connectivity index (χ0n) is 14.0. The lowest BCUT2D eigenvalue weighted by atomic mass is 9.74. The lowest BCUT2D eigenvalue weighted by molar-refractivity contribution is -0.348. The molecule has 0 bridgehead atoms. The fourth-order valence-corrected chi connectivity index (χ4v) is 2.70. The van der Waals surface area contributed by atoms with Crippen LogP contribution in [-0.4, -0.2) is 53.5 Å². The van der Waals surface area contributed by atoms with E-state index in [0.29, 0.717) is 6.42 Å². The number of aliphatic hydroxyl groups excluding tert-OH is 2. The minimum atomic E-state index is -1.85. The van der Waals surface area contributed by atoms with Gasteiger partial charge in [0.1, 0.15) is 6.10 Å².